The van der Waals surface area contributed by atoms with E-state index in [9.17, 15) is 8.42 Å². The first-order valence-electron chi connectivity index (χ1n) is 7.83. The van der Waals surface area contributed by atoms with Gasteiger partial charge >= 0.3 is 0 Å². The summed E-state index contributed by atoms with van der Waals surface area (Å²) in [6.07, 6.45) is 9.54. The van der Waals surface area contributed by atoms with Gasteiger partial charge < -0.3 is 0 Å². The normalized spacial score (nSPS) is 11.2. The summed E-state index contributed by atoms with van der Waals surface area (Å²) in [5.74, 6) is 0. The first-order valence-corrected chi connectivity index (χ1v) is 9.32. The van der Waals surface area contributed by atoms with Gasteiger partial charge in [-0.3, -0.25) is 0 Å². The second kappa shape index (κ2) is 14.0. The predicted molar refractivity (Wildman–Crippen MR) is 103 cm³/mol. The van der Waals surface area contributed by atoms with Gasteiger partial charge in [0.2, 0.25) is 10.0 Å². The number of sulfonamides is 1. The van der Waals surface area contributed by atoms with Crippen LogP contribution >= 0.6 is 0 Å². The van der Waals surface area contributed by atoms with Gasteiger partial charge in [-0.1, -0.05) is 44.2 Å². The lowest BCUT2D eigenvalue weighted by Gasteiger charge is -2.11. The van der Waals surface area contributed by atoms with Crippen LogP contribution in [0.1, 0.15) is 45.2 Å². The summed E-state index contributed by atoms with van der Waals surface area (Å²) >= 11 is 0. The van der Waals surface area contributed by atoms with Crippen molar-refractivity contribution in [1.82, 2.24) is 4.72 Å². The third-order valence-corrected chi connectivity index (χ3v) is 3.98. The summed E-state index contributed by atoms with van der Waals surface area (Å²) in [6, 6.07) is 5.25. The summed E-state index contributed by atoms with van der Waals surface area (Å²) in [7, 11) is -1.88. The van der Waals surface area contributed by atoms with Crippen LogP contribution in [0.4, 0.5) is 0 Å². The SMILES string of the molecule is C=CC.C=CC.CC.CNS(=O)(=O)c1ccc2c(c1)CCC=C2. The molecule has 0 amide bonds. The molecule has 1 N–H and O–H groups in total. The maximum absolute atomic E-state index is 11.6. The quantitative estimate of drug-likeness (QED) is 0.775. The molecule has 23 heavy (non-hydrogen) atoms. The van der Waals surface area contributed by atoms with Gasteiger partial charge in [0.15, 0.2) is 0 Å². The van der Waals surface area contributed by atoms with Gasteiger partial charge in [-0.25, -0.2) is 13.1 Å². The molecule has 0 spiro atoms. The Morgan fingerprint density at radius 1 is 1.13 bits per heavy atom. The summed E-state index contributed by atoms with van der Waals surface area (Å²) in [5.41, 5.74) is 2.23. The largest absolute Gasteiger partial charge is 0.240 e. The first kappa shape index (κ1) is 23.6. The smallest absolute Gasteiger partial charge is 0.214 e. The maximum Gasteiger partial charge on any atom is 0.240 e. The van der Waals surface area contributed by atoms with Crippen molar-refractivity contribution in [2.75, 3.05) is 7.05 Å². The Morgan fingerprint density at radius 3 is 2.13 bits per heavy atom. The number of nitrogens with one attached hydrogen (secondary N) is 1. The van der Waals surface area contributed by atoms with Crippen molar-refractivity contribution in [2.24, 2.45) is 0 Å². The molecule has 0 radical (unpaired) electrons. The summed E-state index contributed by atoms with van der Waals surface area (Å²) in [4.78, 5) is 0.346. The highest BCUT2D eigenvalue weighted by Crippen LogP contribution is 2.22. The Bertz CT molecular complexity index is 581. The van der Waals surface area contributed by atoms with Crippen molar-refractivity contribution in [3.05, 3.63) is 60.7 Å². The number of rotatable bonds is 2. The van der Waals surface area contributed by atoms with Crippen LogP contribution in [0.5, 0.6) is 0 Å². The summed E-state index contributed by atoms with van der Waals surface area (Å²) < 4.78 is 25.4. The van der Waals surface area contributed by atoms with E-state index in [1.54, 1.807) is 24.3 Å². The van der Waals surface area contributed by atoms with Crippen LogP contribution in [0.25, 0.3) is 6.08 Å². The zero-order chi connectivity index (χ0) is 18.3. The van der Waals surface area contributed by atoms with Gasteiger partial charge in [0.25, 0.3) is 0 Å². The van der Waals surface area contributed by atoms with E-state index in [2.05, 4.69) is 24.0 Å². The standard InChI is InChI=1S/C11H13NO2S.2C3H6.C2H6/c1-12-15(13,14)11-7-6-9-4-2-3-5-10(9)8-11;2*1-3-2;1-2/h2,4,6-8,12H,3,5H2,1H3;2*3H,1H2,2H3;1-2H3. The van der Waals surface area contributed by atoms with Crippen molar-refractivity contribution in [3.63, 3.8) is 0 Å². The van der Waals surface area contributed by atoms with E-state index < -0.39 is 10.0 Å². The fourth-order valence-electron chi connectivity index (χ4n) is 1.70. The van der Waals surface area contributed by atoms with E-state index in [4.69, 9.17) is 0 Å². The molecule has 130 valence electrons. The van der Waals surface area contributed by atoms with Gasteiger partial charge in [0, 0.05) is 0 Å². The van der Waals surface area contributed by atoms with Crippen LogP contribution in [0.2, 0.25) is 0 Å². The number of benzene rings is 1. The molecule has 0 unspecified atom stereocenters. The summed E-state index contributed by atoms with van der Waals surface area (Å²) in [5, 5.41) is 0. The molecule has 0 atom stereocenters. The lowest BCUT2D eigenvalue weighted by atomic mass is 9.98. The topological polar surface area (TPSA) is 46.2 Å². The van der Waals surface area contributed by atoms with Gasteiger partial charge in [-0.15, -0.1) is 13.2 Å². The van der Waals surface area contributed by atoms with E-state index in [1.165, 1.54) is 7.05 Å². The lowest BCUT2D eigenvalue weighted by Crippen LogP contribution is -2.18. The van der Waals surface area contributed by atoms with Crippen LogP contribution in [0.3, 0.4) is 0 Å². The number of hydrogen-bond acceptors (Lipinski definition) is 2. The Morgan fingerprint density at radius 2 is 1.65 bits per heavy atom. The van der Waals surface area contributed by atoms with Gasteiger partial charge in [-0.2, -0.15) is 0 Å². The predicted octanol–water partition coefficient (Wildman–Crippen LogP) is 4.96. The highest BCUT2D eigenvalue weighted by atomic mass is 32.2. The molecule has 0 bridgehead atoms. The van der Waals surface area contributed by atoms with Crippen molar-refractivity contribution < 1.29 is 8.42 Å². The zero-order valence-corrected chi connectivity index (χ0v) is 15.9. The fraction of sp³-hybridized carbons (Fsp3) is 0.368. The van der Waals surface area contributed by atoms with Crippen LogP contribution < -0.4 is 4.72 Å². The molecule has 0 saturated heterocycles. The van der Waals surface area contributed by atoms with Crippen molar-refractivity contribution in [1.29, 1.82) is 0 Å². The lowest BCUT2D eigenvalue weighted by molar-refractivity contribution is 0.588. The number of fused-ring (bicyclic) bond motifs is 1. The molecule has 4 heteroatoms. The molecule has 0 aliphatic heterocycles. The van der Waals surface area contributed by atoms with E-state index in [-0.39, 0.29) is 0 Å². The molecule has 0 fully saturated rings. The fourth-order valence-corrected chi connectivity index (χ4v) is 2.48. The third kappa shape index (κ3) is 9.16. The summed E-state index contributed by atoms with van der Waals surface area (Å²) in [6.45, 7) is 14.5. The van der Waals surface area contributed by atoms with Crippen molar-refractivity contribution in [2.45, 2.75) is 45.4 Å². The Balaban J connectivity index is 0. The second-order valence-electron chi connectivity index (χ2n) is 4.33. The van der Waals surface area contributed by atoms with E-state index in [0.29, 0.717) is 4.90 Å². The minimum absolute atomic E-state index is 0.346. The Kier molecular flexibility index (Phi) is 14.3. The molecule has 1 aromatic carbocycles. The maximum atomic E-state index is 11.6. The molecule has 1 aliphatic carbocycles. The number of hydrogen-bond donors (Lipinski definition) is 1. The highest BCUT2D eigenvalue weighted by molar-refractivity contribution is 7.89. The monoisotopic (exact) mass is 337 g/mol. The zero-order valence-electron chi connectivity index (χ0n) is 15.1. The average molecular weight is 338 g/mol. The Hall–Kier alpha value is -1.65. The molecule has 0 heterocycles. The molecule has 0 saturated carbocycles. The molecule has 3 nitrogen and oxygen atoms in total. The average Bonchev–Trinajstić information content (AvgIpc) is 2.57. The van der Waals surface area contributed by atoms with E-state index >= 15 is 0 Å². The van der Waals surface area contributed by atoms with E-state index in [0.717, 1.165) is 24.0 Å². The number of allylic oxidation sites excluding steroid dienone is 3. The first-order chi connectivity index (χ1) is 11.0. The molecule has 0 aromatic heterocycles. The molecule has 1 aliphatic rings. The van der Waals surface area contributed by atoms with Gasteiger partial charge in [0.05, 0.1) is 4.90 Å². The molecule has 2 rings (SSSR count). The minimum atomic E-state index is -3.31. The van der Waals surface area contributed by atoms with Crippen LogP contribution in [-0.4, -0.2) is 15.5 Å². The van der Waals surface area contributed by atoms with Gasteiger partial charge in [0.1, 0.15) is 0 Å². The Labute approximate surface area is 142 Å². The second-order valence-corrected chi connectivity index (χ2v) is 6.21. The number of aryl methyl sites for hydroxylation is 1. The minimum Gasteiger partial charge on any atom is -0.214 e. The van der Waals surface area contributed by atoms with Gasteiger partial charge in [-0.05, 0) is 57.0 Å². The van der Waals surface area contributed by atoms with Crippen LogP contribution in [0, 0.1) is 0 Å². The highest BCUT2D eigenvalue weighted by Gasteiger charge is 2.13. The van der Waals surface area contributed by atoms with E-state index in [1.807, 2.05) is 39.8 Å². The van der Waals surface area contributed by atoms with Crippen LogP contribution in [-0.2, 0) is 16.4 Å². The van der Waals surface area contributed by atoms with Crippen molar-refractivity contribution >= 4 is 16.1 Å². The third-order valence-electron chi connectivity index (χ3n) is 2.57. The van der Waals surface area contributed by atoms with Crippen LogP contribution in [0.15, 0.2) is 54.5 Å². The van der Waals surface area contributed by atoms with Crippen molar-refractivity contribution in [3.8, 4) is 0 Å². The molecule has 1 aromatic rings. The molecular formula is C19H31NO2S. The molecular weight excluding hydrogens is 306 g/mol.